The molecule has 0 saturated heterocycles. The third-order valence-electron chi connectivity index (χ3n) is 3.23. The largest absolute Gasteiger partial charge is 0.497 e. The molecule has 0 bridgehead atoms. The lowest BCUT2D eigenvalue weighted by atomic mass is 10.2. The van der Waals surface area contributed by atoms with Gasteiger partial charge in [-0.1, -0.05) is 23.2 Å². The van der Waals surface area contributed by atoms with E-state index in [1.165, 1.54) is 0 Å². The molecule has 0 radical (unpaired) electrons. The first kappa shape index (κ1) is 14.0. The third-order valence-corrected chi connectivity index (χ3v) is 3.95. The van der Waals surface area contributed by atoms with E-state index in [9.17, 15) is 0 Å². The van der Waals surface area contributed by atoms with Gasteiger partial charge in [-0.25, -0.2) is 4.68 Å². The summed E-state index contributed by atoms with van der Waals surface area (Å²) in [4.78, 5) is 0. The van der Waals surface area contributed by atoms with Crippen LogP contribution in [0, 0.1) is 0 Å². The van der Waals surface area contributed by atoms with Crippen molar-refractivity contribution in [1.29, 1.82) is 0 Å². The summed E-state index contributed by atoms with van der Waals surface area (Å²) in [6.07, 6.45) is 0. The van der Waals surface area contributed by atoms with E-state index in [0.29, 0.717) is 21.4 Å². The minimum absolute atomic E-state index is 0.448. The van der Waals surface area contributed by atoms with Gasteiger partial charge < -0.3 is 9.47 Å². The Morgan fingerprint density at radius 2 is 1.67 bits per heavy atom. The fraction of sp³-hybridized carbons (Fsp3) is 0.133. The molecule has 0 aliphatic heterocycles. The molecular formula is C15H12Cl2N2O2. The van der Waals surface area contributed by atoms with Gasteiger partial charge in [0.2, 0.25) is 0 Å². The minimum Gasteiger partial charge on any atom is -0.497 e. The molecule has 0 N–H and O–H groups in total. The molecule has 0 saturated carbocycles. The highest BCUT2D eigenvalue weighted by Crippen LogP contribution is 2.36. The number of nitrogens with zero attached hydrogens (tertiary/aromatic N) is 2. The molecule has 3 aromatic rings. The molecule has 0 atom stereocenters. The molecule has 21 heavy (non-hydrogen) atoms. The molecule has 1 aromatic heterocycles. The summed E-state index contributed by atoms with van der Waals surface area (Å²) in [7, 11) is 3.19. The Labute approximate surface area is 131 Å². The van der Waals surface area contributed by atoms with Crippen molar-refractivity contribution < 1.29 is 9.47 Å². The van der Waals surface area contributed by atoms with Crippen molar-refractivity contribution >= 4 is 34.1 Å². The summed E-state index contributed by atoms with van der Waals surface area (Å²) in [5, 5.41) is 6.20. The van der Waals surface area contributed by atoms with Crippen molar-refractivity contribution in [1.82, 2.24) is 9.78 Å². The standard InChI is InChI=1S/C15H12Cl2N2O2/c1-20-10-5-3-9(4-6-10)19-15(17)11-7-8-12(21-2)13(16)14(11)18-19/h3-8H,1-2H3. The minimum atomic E-state index is 0.448. The van der Waals surface area contributed by atoms with Crippen LogP contribution in [0.4, 0.5) is 0 Å². The maximum atomic E-state index is 6.40. The highest BCUT2D eigenvalue weighted by atomic mass is 35.5. The van der Waals surface area contributed by atoms with Crippen LogP contribution in [0.3, 0.4) is 0 Å². The average Bonchev–Trinajstić information content (AvgIpc) is 2.86. The molecule has 3 rings (SSSR count). The number of benzene rings is 2. The number of rotatable bonds is 3. The first-order valence-electron chi connectivity index (χ1n) is 6.21. The molecule has 0 aliphatic rings. The predicted octanol–water partition coefficient (Wildman–Crippen LogP) is 4.35. The second-order valence-corrected chi connectivity index (χ2v) is 5.11. The average molecular weight is 323 g/mol. The molecule has 4 nitrogen and oxygen atoms in total. The van der Waals surface area contributed by atoms with Crippen LogP contribution in [0.1, 0.15) is 0 Å². The van der Waals surface area contributed by atoms with Crippen molar-refractivity contribution in [2.24, 2.45) is 0 Å². The topological polar surface area (TPSA) is 36.3 Å². The van der Waals surface area contributed by atoms with Crippen LogP contribution in [-0.2, 0) is 0 Å². The summed E-state index contributed by atoms with van der Waals surface area (Å²) in [5.74, 6) is 1.34. The van der Waals surface area contributed by atoms with Crippen LogP contribution in [0.25, 0.3) is 16.6 Å². The summed E-state index contributed by atoms with van der Waals surface area (Å²) < 4.78 is 12.0. The van der Waals surface area contributed by atoms with Gasteiger partial charge in [0.25, 0.3) is 0 Å². The van der Waals surface area contributed by atoms with Crippen LogP contribution in [-0.4, -0.2) is 24.0 Å². The molecule has 1 heterocycles. The number of aromatic nitrogens is 2. The second-order valence-electron chi connectivity index (χ2n) is 4.38. The SMILES string of the molecule is COc1ccc(-n2nc3c(Cl)c(OC)ccc3c2Cl)cc1. The number of halogens is 2. The first-order chi connectivity index (χ1) is 10.2. The molecule has 0 unspecified atom stereocenters. The second kappa shape index (κ2) is 5.47. The fourth-order valence-electron chi connectivity index (χ4n) is 2.12. The van der Waals surface area contributed by atoms with E-state index in [2.05, 4.69) is 5.10 Å². The highest BCUT2D eigenvalue weighted by Gasteiger charge is 2.16. The zero-order valence-corrected chi connectivity index (χ0v) is 12.9. The highest BCUT2D eigenvalue weighted by molar-refractivity contribution is 6.39. The molecule has 0 fully saturated rings. The molecule has 108 valence electrons. The van der Waals surface area contributed by atoms with E-state index < -0.39 is 0 Å². The van der Waals surface area contributed by atoms with Gasteiger partial charge in [0.1, 0.15) is 27.2 Å². The lowest BCUT2D eigenvalue weighted by Crippen LogP contribution is -1.96. The number of methoxy groups -OCH3 is 2. The zero-order chi connectivity index (χ0) is 15.0. The normalized spacial score (nSPS) is 10.9. The fourth-order valence-corrected chi connectivity index (χ4v) is 2.69. The Kier molecular flexibility index (Phi) is 3.66. The zero-order valence-electron chi connectivity index (χ0n) is 11.4. The molecule has 0 spiro atoms. The van der Waals surface area contributed by atoms with Crippen LogP contribution in [0.15, 0.2) is 36.4 Å². The van der Waals surface area contributed by atoms with E-state index in [1.54, 1.807) is 25.0 Å². The van der Waals surface area contributed by atoms with Gasteiger partial charge in [0.05, 0.1) is 19.9 Å². The van der Waals surface area contributed by atoms with Crippen LogP contribution < -0.4 is 9.47 Å². The Balaban J connectivity index is 2.18. The van der Waals surface area contributed by atoms with Gasteiger partial charge in [-0.15, -0.1) is 0 Å². The monoisotopic (exact) mass is 322 g/mol. The van der Waals surface area contributed by atoms with Crippen molar-refractivity contribution in [3.8, 4) is 17.2 Å². The molecule has 2 aromatic carbocycles. The van der Waals surface area contributed by atoms with E-state index in [0.717, 1.165) is 16.8 Å². The van der Waals surface area contributed by atoms with Crippen molar-refractivity contribution in [3.63, 3.8) is 0 Å². The summed E-state index contributed by atoms with van der Waals surface area (Å²) in [5.41, 5.74) is 1.43. The molecule has 0 aliphatic carbocycles. The van der Waals surface area contributed by atoms with Crippen LogP contribution in [0.2, 0.25) is 10.2 Å². The molecule has 0 amide bonds. The van der Waals surface area contributed by atoms with Gasteiger partial charge in [0.15, 0.2) is 0 Å². The molecular weight excluding hydrogens is 311 g/mol. The van der Waals surface area contributed by atoms with Crippen LogP contribution >= 0.6 is 23.2 Å². The Bertz CT molecular complexity index is 798. The van der Waals surface area contributed by atoms with Crippen molar-refractivity contribution in [3.05, 3.63) is 46.6 Å². The van der Waals surface area contributed by atoms with Gasteiger partial charge in [-0.3, -0.25) is 0 Å². The Hall–Kier alpha value is -1.91. The lowest BCUT2D eigenvalue weighted by Gasteiger charge is -2.04. The summed E-state index contributed by atoms with van der Waals surface area (Å²) >= 11 is 12.7. The van der Waals surface area contributed by atoms with Crippen molar-refractivity contribution in [2.45, 2.75) is 0 Å². The van der Waals surface area contributed by atoms with Gasteiger partial charge >= 0.3 is 0 Å². The maximum Gasteiger partial charge on any atom is 0.140 e. The van der Waals surface area contributed by atoms with Gasteiger partial charge in [0, 0.05) is 5.39 Å². The predicted molar refractivity (Wildman–Crippen MR) is 84.2 cm³/mol. The number of hydrogen-bond acceptors (Lipinski definition) is 3. The smallest absolute Gasteiger partial charge is 0.140 e. The van der Waals surface area contributed by atoms with Crippen molar-refractivity contribution in [2.75, 3.05) is 14.2 Å². The summed E-state index contributed by atoms with van der Waals surface area (Å²) in [6, 6.07) is 11.1. The third kappa shape index (κ3) is 2.30. The number of fused-ring (bicyclic) bond motifs is 1. The van der Waals surface area contributed by atoms with Crippen LogP contribution in [0.5, 0.6) is 11.5 Å². The van der Waals surface area contributed by atoms with E-state index >= 15 is 0 Å². The number of hydrogen-bond donors (Lipinski definition) is 0. The van der Waals surface area contributed by atoms with Gasteiger partial charge in [-0.2, -0.15) is 5.10 Å². The quantitative estimate of drug-likeness (QED) is 0.719. The molecule has 6 heteroatoms. The summed E-state index contributed by atoms with van der Waals surface area (Å²) in [6.45, 7) is 0. The van der Waals surface area contributed by atoms with E-state index in [-0.39, 0.29) is 0 Å². The van der Waals surface area contributed by atoms with Gasteiger partial charge in [-0.05, 0) is 36.4 Å². The van der Waals surface area contributed by atoms with E-state index in [1.807, 2.05) is 30.3 Å². The Morgan fingerprint density at radius 3 is 2.29 bits per heavy atom. The number of ether oxygens (including phenoxy) is 2. The Morgan fingerprint density at radius 1 is 0.952 bits per heavy atom. The van der Waals surface area contributed by atoms with E-state index in [4.69, 9.17) is 32.7 Å². The lowest BCUT2D eigenvalue weighted by molar-refractivity contribution is 0.414. The maximum absolute atomic E-state index is 6.40. The first-order valence-corrected chi connectivity index (χ1v) is 6.96.